The number of hydrogen-bond donors (Lipinski definition) is 1. The lowest BCUT2D eigenvalue weighted by atomic mass is 10.0. The number of nitrogens with zero attached hydrogens (tertiary/aromatic N) is 1. The lowest BCUT2D eigenvalue weighted by Gasteiger charge is -2.18. The molecule has 3 rings (SSSR count). The molecule has 0 fully saturated rings. The van der Waals surface area contributed by atoms with Gasteiger partial charge >= 0.3 is 0 Å². The van der Waals surface area contributed by atoms with Gasteiger partial charge in [0.05, 0.1) is 11.6 Å². The minimum absolute atomic E-state index is 0.184. The van der Waals surface area contributed by atoms with E-state index in [1.807, 2.05) is 57.2 Å². The van der Waals surface area contributed by atoms with Crippen LogP contribution in [0.15, 0.2) is 60.7 Å². The van der Waals surface area contributed by atoms with Gasteiger partial charge in [0.15, 0.2) is 6.10 Å². The molecule has 3 aromatic rings. The first-order valence-corrected chi connectivity index (χ1v) is 9.53. The van der Waals surface area contributed by atoms with Crippen molar-refractivity contribution >= 4 is 11.6 Å². The highest BCUT2D eigenvalue weighted by Gasteiger charge is 2.17. The zero-order chi connectivity index (χ0) is 21.0. The van der Waals surface area contributed by atoms with Gasteiger partial charge in [-0.25, -0.2) is 0 Å². The fraction of sp³-hybridized carbons (Fsp3) is 0.200. The van der Waals surface area contributed by atoms with Gasteiger partial charge in [-0.1, -0.05) is 42.0 Å². The maximum atomic E-state index is 12.6. The Morgan fingerprint density at radius 1 is 0.931 bits per heavy atom. The number of aryl methyl sites for hydroxylation is 3. The fourth-order valence-electron chi connectivity index (χ4n) is 3.32. The molecule has 0 bridgehead atoms. The number of nitriles is 1. The van der Waals surface area contributed by atoms with Crippen molar-refractivity contribution in [3.8, 4) is 22.9 Å². The van der Waals surface area contributed by atoms with Crippen LogP contribution in [0.2, 0.25) is 0 Å². The van der Waals surface area contributed by atoms with E-state index in [1.54, 1.807) is 19.1 Å². The van der Waals surface area contributed by atoms with Crippen molar-refractivity contribution in [3.63, 3.8) is 0 Å². The molecule has 146 valence electrons. The molecule has 3 aromatic carbocycles. The van der Waals surface area contributed by atoms with E-state index in [1.165, 1.54) is 5.56 Å². The smallest absolute Gasteiger partial charge is 0.265 e. The first-order valence-electron chi connectivity index (χ1n) is 9.53. The Bertz CT molecular complexity index is 1040. The van der Waals surface area contributed by atoms with Gasteiger partial charge in [0.1, 0.15) is 5.75 Å². The third-order valence-electron chi connectivity index (χ3n) is 4.81. The minimum atomic E-state index is -0.629. The van der Waals surface area contributed by atoms with Gasteiger partial charge in [0.2, 0.25) is 0 Å². The lowest BCUT2D eigenvalue weighted by Crippen LogP contribution is -2.30. The van der Waals surface area contributed by atoms with Gasteiger partial charge in [0.25, 0.3) is 5.91 Å². The Morgan fingerprint density at radius 2 is 1.45 bits per heavy atom. The standard InChI is InChI=1S/C25H24N2O2/c1-16-13-17(2)24(18(3)14-16)27-25(28)19(4)29-23-11-9-22(10-12-23)21-7-5-20(15-26)6-8-21/h5-14,19H,1-4H3,(H,27,28)/t19-/m1/s1. The Labute approximate surface area is 171 Å². The van der Waals surface area contributed by atoms with Gasteiger partial charge in [0, 0.05) is 5.69 Å². The molecule has 29 heavy (non-hydrogen) atoms. The van der Waals surface area contributed by atoms with Gasteiger partial charge in [-0.15, -0.1) is 0 Å². The monoisotopic (exact) mass is 384 g/mol. The summed E-state index contributed by atoms with van der Waals surface area (Å²) < 4.78 is 5.82. The summed E-state index contributed by atoms with van der Waals surface area (Å²) in [5.74, 6) is 0.443. The van der Waals surface area contributed by atoms with E-state index in [9.17, 15) is 4.79 Å². The van der Waals surface area contributed by atoms with Gasteiger partial charge < -0.3 is 10.1 Å². The Kier molecular flexibility index (Phi) is 5.99. The van der Waals surface area contributed by atoms with Crippen molar-refractivity contribution in [1.29, 1.82) is 5.26 Å². The van der Waals surface area contributed by atoms with Crippen molar-refractivity contribution in [2.24, 2.45) is 0 Å². The number of benzene rings is 3. The average molecular weight is 384 g/mol. The molecular weight excluding hydrogens is 360 g/mol. The number of nitrogens with one attached hydrogen (secondary N) is 1. The Hall–Kier alpha value is -3.58. The molecule has 0 aliphatic rings. The molecule has 0 saturated carbocycles. The number of amides is 1. The van der Waals surface area contributed by atoms with Crippen LogP contribution in [-0.2, 0) is 4.79 Å². The quantitative estimate of drug-likeness (QED) is 0.627. The normalized spacial score (nSPS) is 11.4. The van der Waals surface area contributed by atoms with Crippen LogP contribution in [-0.4, -0.2) is 12.0 Å². The summed E-state index contributed by atoms with van der Waals surface area (Å²) >= 11 is 0. The second kappa shape index (κ2) is 8.62. The molecule has 0 saturated heterocycles. The summed E-state index contributed by atoms with van der Waals surface area (Å²) in [5, 5.41) is 11.9. The molecule has 1 amide bonds. The summed E-state index contributed by atoms with van der Waals surface area (Å²) in [6.45, 7) is 7.76. The van der Waals surface area contributed by atoms with E-state index in [0.29, 0.717) is 11.3 Å². The maximum Gasteiger partial charge on any atom is 0.265 e. The zero-order valence-electron chi connectivity index (χ0n) is 17.1. The molecule has 1 atom stereocenters. The highest BCUT2D eigenvalue weighted by atomic mass is 16.5. The molecule has 0 radical (unpaired) electrons. The van der Waals surface area contributed by atoms with Crippen LogP contribution in [0.25, 0.3) is 11.1 Å². The summed E-state index contributed by atoms with van der Waals surface area (Å²) in [5.41, 5.74) is 6.76. The first-order chi connectivity index (χ1) is 13.9. The predicted octanol–water partition coefficient (Wildman–Crippen LogP) is 5.56. The third-order valence-corrected chi connectivity index (χ3v) is 4.81. The van der Waals surface area contributed by atoms with Crippen molar-refractivity contribution in [2.75, 3.05) is 5.32 Å². The van der Waals surface area contributed by atoms with Gasteiger partial charge in [-0.3, -0.25) is 4.79 Å². The summed E-state index contributed by atoms with van der Waals surface area (Å²) in [4.78, 5) is 12.6. The number of rotatable bonds is 5. The van der Waals surface area contributed by atoms with Gasteiger partial charge in [-0.2, -0.15) is 5.26 Å². The highest BCUT2D eigenvalue weighted by molar-refractivity contribution is 5.95. The van der Waals surface area contributed by atoms with E-state index in [4.69, 9.17) is 10.00 Å². The topological polar surface area (TPSA) is 62.1 Å². The van der Waals surface area contributed by atoms with Crippen LogP contribution in [0.1, 0.15) is 29.2 Å². The molecule has 0 unspecified atom stereocenters. The van der Waals surface area contributed by atoms with E-state index in [2.05, 4.69) is 23.5 Å². The summed E-state index contributed by atoms with van der Waals surface area (Å²) in [6.07, 6.45) is -0.629. The fourth-order valence-corrected chi connectivity index (χ4v) is 3.32. The number of ether oxygens (including phenoxy) is 1. The molecule has 1 N–H and O–H groups in total. The third kappa shape index (κ3) is 4.83. The van der Waals surface area contributed by atoms with Crippen LogP contribution in [0.5, 0.6) is 5.75 Å². The number of anilines is 1. The molecule has 0 aliphatic carbocycles. The molecule has 4 heteroatoms. The second-order valence-corrected chi connectivity index (χ2v) is 7.24. The van der Waals surface area contributed by atoms with E-state index in [-0.39, 0.29) is 5.91 Å². The highest BCUT2D eigenvalue weighted by Crippen LogP contribution is 2.25. The van der Waals surface area contributed by atoms with Crippen molar-refractivity contribution in [2.45, 2.75) is 33.8 Å². The van der Waals surface area contributed by atoms with E-state index in [0.717, 1.165) is 27.9 Å². The molecular formula is C25H24N2O2. The Balaban J connectivity index is 1.66. The SMILES string of the molecule is Cc1cc(C)c(NC(=O)[C@@H](C)Oc2ccc(-c3ccc(C#N)cc3)cc2)c(C)c1. The van der Waals surface area contributed by atoms with Crippen LogP contribution < -0.4 is 10.1 Å². The molecule has 0 aromatic heterocycles. The summed E-state index contributed by atoms with van der Waals surface area (Å²) in [7, 11) is 0. The zero-order valence-corrected chi connectivity index (χ0v) is 17.1. The maximum absolute atomic E-state index is 12.6. The lowest BCUT2D eigenvalue weighted by molar-refractivity contribution is -0.122. The first kappa shape index (κ1) is 20.2. The Morgan fingerprint density at radius 3 is 1.97 bits per heavy atom. The van der Waals surface area contributed by atoms with Crippen LogP contribution in [0, 0.1) is 32.1 Å². The van der Waals surface area contributed by atoms with Crippen LogP contribution >= 0.6 is 0 Å². The summed E-state index contributed by atoms with van der Waals surface area (Å²) in [6, 6.07) is 21.2. The van der Waals surface area contributed by atoms with Crippen LogP contribution in [0.3, 0.4) is 0 Å². The largest absolute Gasteiger partial charge is 0.481 e. The minimum Gasteiger partial charge on any atom is -0.481 e. The molecule has 0 aliphatic heterocycles. The molecule has 0 heterocycles. The molecule has 4 nitrogen and oxygen atoms in total. The van der Waals surface area contributed by atoms with Crippen molar-refractivity contribution < 1.29 is 9.53 Å². The predicted molar refractivity (Wildman–Crippen MR) is 116 cm³/mol. The van der Waals surface area contributed by atoms with Crippen molar-refractivity contribution in [3.05, 3.63) is 82.9 Å². The molecule has 0 spiro atoms. The number of carbonyl (C=O) groups is 1. The van der Waals surface area contributed by atoms with E-state index < -0.39 is 6.10 Å². The van der Waals surface area contributed by atoms with Crippen molar-refractivity contribution in [1.82, 2.24) is 0 Å². The van der Waals surface area contributed by atoms with E-state index >= 15 is 0 Å². The number of carbonyl (C=O) groups excluding carboxylic acids is 1. The van der Waals surface area contributed by atoms with Gasteiger partial charge in [-0.05, 0) is 74.2 Å². The second-order valence-electron chi connectivity index (χ2n) is 7.24. The average Bonchev–Trinajstić information content (AvgIpc) is 2.71. The van der Waals surface area contributed by atoms with Crippen LogP contribution in [0.4, 0.5) is 5.69 Å². The number of hydrogen-bond acceptors (Lipinski definition) is 3.